The number of carbonyl (C=O) groups excluding carboxylic acids is 3. The molecule has 166 valence electrons. The van der Waals surface area contributed by atoms with Gasteiger partial charge in [0.25, 0.3) is 0 Å². The molecular formula is C21H17F2N3O6. The molecule has 0 radical (unpaired) electrons. The summed E-state index contributed by atoms with van der Waals surface area (Å²) in [5.74, 6) is -4.70. The van der Waals surface area contributed by atoms with Crippen molar-refractivity contribution in [3.05, 3.63) is 80.9 Å². The first-order chi connectivity index (χ1) is 15.1. The molecule has 0 heterocycles. The zero-order valence-electron chi connectivity index (χ0n) is 17.0. The lowest BCUT2D eigenvalue weighted by Crippen LogP contribution is -2.15. The van der Waals surface area contributed by atoms with E-state index in [2.05, 4.69) is 10.0 Å². The third-order valence-electron chi connectivity index (χ3n) is 4.08. The summed E-state index contributed by atoms with van der Waals surface area (Å²) in [5, 5.41) is 12.6. The van der Waals surface area contributed by atoms with Crippen molar-refractivity contribution < 1.29 is 37.7 Å². The van der Waals surface area contributed by atoms with Crippen molar-refractivity contribution in [1.82, 2.24) is 0 Å². The van der Waals surface area contributed by atoms with Crippen LogP contribution in [0.4, 0.5) is 14.5 Å². The lowest BCUT2D eigenvalue weighted by molar-refractivity contribution is -0.111. The molecule has 0 saturated carbocycles. The first-order valence-corrected chi connectivity index (χ1v) is 9.05. The van der Waals surface area contributed by atoms with Gasteiger partial charge in [-0.05, 0) is 49.2 Å². The van der Waals surface area contributed by atoms with Crippen LogP contribution in [0.25, 0.3) is 16.0 Å². The molecule has 1 N–H and O–H groups in total. The Balaban J connectivity index is 1.93. The number of allylic oxidation sites excluding steroid dienone is 2. The standard InChI is InChI=1S/C21H17F2N3O6/c1-11(27)19(12(2)28)13-3-5-14(6-4-13)20(29)31-7-8-32-21(30)15-9-17(23)18(25-26-24)10-16(15)22/h3-6,9-10,27H,7-8H2,1-2H3/b19-11+. The molecule has 0 saturated heterocycles. The molecule has 2 aromatic carbocycles. The number of halogens is 2. The van der Waals surface area contributed by atoms with E-state index in [-0.39, 0.29) is 29.3 Å². The highest BCUT2D eigenvalue weighted by Gasteiger charge is 2.18. The van der Waals surface area contributed by atoms with Crippen molar-refractivity contribution in [1.29, 1.82) is 0 Å². The van der Waals surface area contributed by atoms with Crippen LogP contribution in [-0.4, -0.2) is 36.0 Å². The van der Waals surface area contributed by atoms with Gasteiger partial charge in [-0.2, -0.15) is 0 Å². The number of ether oxygens (including phenoxy) is 2. The predicted molar refractivity (Wildman–Crippen MR) is 108 cm³/mol. The van der Waals surface area contributed by atoms with E-state index in [4.69, 9.17) is 15.0 Å². The van der Waals surface area contributed by atoms with Crippen LogP contribution in [0.1, 0.15) is 40.1 Å². The van der Waals surface area contributed by atoms with Gasteiger partial charge >= 0.3 is 11.9 Å². The molecule has 2 rings (SSSR count). The fourth-order valence-corrected chi connectivity index (χ4v) is 2.69. The number of aliphatic hydroxyl groups excluding tert-OH is 1. The van der Waals surface area contributed by atoms with Gasteiger partial charge in [-0.15, -0.1) is 0 Å². The first kappa shape index (κ1) is 24.0. The number of azide groups is 1. The van der Waals surface area contributed by atoms with Crippen LogP contribution >= 0.6 is 0 Å². The number of aliphatic hydroxyl groups is 1. The summed E-state index contributed by atoms with van der Waals surface area (Å²) in [6.07, 6.45) is 0. The maximum absolute atomic E-state index is 13.9. The number of carbonyl (C=O) groups is 3. The highest BCUT2D eigenvalue weighted by atomic mass is 19.1. The largest absolute Gasteiger partial charge is 0.512 e. The first-order valence-electron chi connectivity index (χ1n) is 9.05. The van der Waals surface area contributed by atoms with Crippen LogP contribution in [0, 0.1) is 11.6 Å². The Morgan fingerprint density at radius 3 is 2.06 bits per heavy atom. The topological polar surface area (TPSA) is 139 Å². The van der Waals surface area contributed by atoms with Gasteiger partial charge in [0.1, 0.15) is 30.6 Å². The number of nitrogens with zero attached hydrogens (tertiary/aromatic N) is 3. The Morgan fingerprint density at radius 2 is 1.53 bits per heavy atom. The molecule has 0 spiro atoms. The fourth-order valence-electron chi connectivity index (χ4n) is 2.69. The summed E-state index contributed by atoms with van der Waals surface area (Å²) in [6.45, 7) is 1.88. The van der Waals surface area contributed by atoms with Crippen molar-refractivity contribution in [3.63, 3.8) is 0 Å². The Labute approximate surface area is 180 Å². The van der Waals surface area contributed by atoms with Gasteiger partial charge in [-0.25, -0.2) is 18.4 Å². The van der Waals surface area contributed by atoms with Crippen LogP contribution in [0.5, 0.6) is 0 Å². The van der Waals surface area contributed by atoms with E-state index in [1.807, 2.05) is 0 Å². The number of hydrogen-bond acceptors (Lipinski definition) is 7. The number of ketones is 1. The summed E-state index contributed by atoms with van der Waals surface area (Å²) in [7, 11) is 0. The molecule has 0 unspecified atom stereocenters. The van der Waals surface area contributed by atoms with Gasteiger partial charge in [0.2, 0.25) is 0 Å². The minimum absolute atomic E-state index is 0.118. The summed E-state index contributed by atoms with van der Waals surface area (Å²) < 4.78 is 37.3. The molecule has 2 aromatic rings. The van der Waals surface area contributed by atoms with E-state index in [1.54, 1.807) is 0 Å². The van der Waals surface area contributed by atoms with E-state index >= 15 is 0 Å². The molecule has 0 atom stereocenters. The predicted octanol–water partition coefficient (Wildman–Crippen LogP) is 4.80. The van der Waals surface area contributed by atoms with Gasteiger partial charge in [0.05, 0.1) is 22.4 Å². The Bertz CT molecular complexity index is 1130. The van der Waals surface area contributed by atoms with Crippen molar-refractivity contribution in [2.45, 2.75) is 13.8 Å². The maximum atomic E-state index is 13.9. The fraction of sp³-hybridized carbons (Fsp3) is 0.190. The zero-order valence-corrected chi connectivity index (χ0v) is 17.0. The number of esters is 2. The smallest absolute Gasteiger partial charge is 0.341 e. The van der Waals surface area contributed by atoms with Crippen molar-refractivity contribution >= 4 is 29.0 Å². The van der Waals surface area contributed by atoms with E-state index in [9.17, 15) is 28.3 Å². The number of hydrogen-bond donors (Lipinski definition) is 1. The number of rotatable bonds is 8. The quantitative estimate of drug-likeness (QED) is 0.118. The average Bonchev–Trinajstić information content (AvgIpc) is 2.73. The van der Waals surface area contributed by atoms with E-state index in [0.717, 1.165) is 0 Å². The van der Waals surface area contributed by atoms with Crippen molar-refractivity contribution in [3.8, 4) is 0 Å². The third-order valence-corrected chi connectivity index (χ3v) is 4.08. The molecule has 0 aromatic heterocycles. The second-order valence-electron chi connectivity index (χ2n) is 6.34. The monoisotopic (exact) mass is 445 g/mol. The normalized spacial score (nSPS) is 11.1. The highest BCUT2D eigenvalue weighted by Crippen LogP contribution is 2.23. The summed E-state index contributed by atoms with van der Waals surface area (Å²) in [4.78, 5) is 37.9. The molecule has 0 bridgehead atoms. The van der Waals surface area contributed by atoms with E-state index in [0.29, 0.717) is 17.7 Å². The van der Waals surface area contributed by atoms with Crippen LogP contribution in [0.15, 0.2) is 47.3 Å². The lowest BCUT2D eigenvalue weighted by Gasteiger charge is -2.09. The molecule has 0 aliphatic rings. The molecular weight excluding hydrogens is 428 g/mol. The SMILES string of the molecule is CC(=O)/C(=C(/C)O)c1ccc(C(=O)OCCOC(=O)c2cc(F)c(N=[N+]=[N-])cc2F)cc1. The molecule has 32 heavy (non-hydrogen) atoms. The average molecular weight is 445 g/mol. The van der Waals surface area contributed by atoms with Crippen LogP contribution in [-0.2, 0) is 14.3 Å². The second-order valence-corrected chi connectivity index (χ2v) is 6.34. The summed E-state index contributed by atoms with van der Waals surface area (Å²) in [5.41, 5.74) is 7.63. The van der Waals surface area contributed by atoms with Gasteiger partial charge in [-0.3, -0.25) is 4.79 Å². The minimum Gasteiger partial charge on any atom is -0.512 e. The van der Waals surface area contributed by atoms with Gasteiger partial charge in [0.15, 0.2) is 5.78 Å². The van der Waals surface area contributed by atoms with E-state index < -0.39 is 41.4 Å². The van der Waals surface area contributed by atoms with Crippen molar-refractivity contribution in [2.75, 3.05) is 13.2 Å². The molecule has 11 heteroatoms. The van der Waals surface area contributed by atoms with E-state index in [1.165, 1.54) is 38.1 Å². The van der Waals surface area contributed by atoms with Crippen LogP contribution in [0.2, 0.25) is 0 Å². The molecule has 0 aliphatic heterocycles. The number of benzene rings is 2. The molecule has 0 aliphatic carbocycles. The molecule has 9 nitrogen and oxygen atoms in total. The molecule has 0 fully saturated rings. The summed E-state index contributed by atoms with van der Waals surface area (Å²) >= 11 is 0. The minimum atomic E-state index is -1.20. The Hall–Kier alpha value is -4.24. The lowest BCUT2D eigenvalue weighted by atomic mass is 10.00. The third kappa shape index (κ3) is 5.89. The Kier molecular flexibility index (Phi) is 8.03. The maximum Gasteiger partial charge on any atom is 0.341 e. The van der Waals surface area contributed by atoms with Crippen LogP contribution < -0.4 is 0 Å². The van der Waals surface area contributed by atoms with Gasteiger partial charge < -0.3 is 14.6 Å². The second kappa shape index (κ2) is 10.7. The molecule has 0 amide bonds. The summed E-state index contributed by atoms with van der Waals surface area (Å²) in [6, 6.07) is 6.79. The van der Waals surface area contributed by atoms with Crippen LogP contribution in [0.3, 0.4) is 0 Å². The van der Waals surface area contributed by atoms with Crippen molar-refractivity contribution in [2.24, 2.45) is 5.11 Å². The Morgan fingerprint density at radius 1 is 0.969 bits per heavy atom. The van der Waals surface area contributed by atoms with Gasteiger partial charge in [0, 0.05) is 4.91 Å². The highest BCUT2D eigenvalue weighted by molar-refractivity contribution is 6.20. The zero-order chi connectivity index (χ0) is 23.8. The number of Topliss-reactive ketones (excluding diaryl/α,β-unsaturated/α-hetero) is 1. The van der Waals surface area contributed by atoms with Gasteiger partial charge in [-0.1, -0.05) is 17.2 Å².